The van der Waals surface area contributed by atoms with Gasteiger partial charge < -0.3 is 4.79 Å². The van der Waals surface area contributed by atoms with E-state index in [-0.39, 0.29) is 11.5 Å². The maximum Gasteiger partial charge on any atom is 0.152 e. The van der Waals surface area contributed by atoms with Crippen LogP contribution in [-0.4, -0.2) is 26.2 Å². The number of hydrogen-bond donors (Lipinski definition) is 0. The zero-order valence-electron chi connectivity index (χ0n) is 8.12. The zero-order valence-corrected chi connectivity index (χ0v) is 8.93. The van der Waals surface area contributed by atoms with Crippen LogP contribution in [-0.2, 0) is 14.6 Å². The molecule has 4 heteroatoms. The van der Waals surface area contributed by atoms with Crippen LogP contribution in [0.3, 0.4) is 0 Å². The third-order valence-corrected chi connectivity index (χ3v) is 4.75. The summed E-state index contributed by atoms with van der Waals surface area (Å²) in [5, 5.41) is 0. The van der Waals surface area contributed by atoms with Crippen molar-refractivity contribution in [2.45, 2.75) is 26.7 Å². The van der Waals surface area contributed by atoms with Gasteiger partial charge in [0.05, 0.1) is 16.9 Å². The third kappa shape index (κ3) is 2.30. The molecule has 0 spiro atoms. The van der Waals surface area contributed by atoms with E-state index in [2.05, 4.69) is 13.8 Å². The smallest absolute Gasteiger partial charge is 0.152 e. The van der Waals surface area contributed by atoms with Crippen LogP contribution in [0, 0.1) is 11.3 Å². The average molecular weight is 204 g/mol. The summed E-state index contributed by atoms with van der Waals surface area (Å²) in [4.78, 5) is 10.8. The van der Waals surface area contributed by atoms with Gasteiger partial charge in [0, 0.05) is 0 Å². The zero-order chi connectivity index (χ0) is 10.1. The number of hydrogen-bond acceptors (Lipinski definition) is 3. The van der Waals surface area contributed by atoms with Crippen molar-refractivity contribution in [3.05, 3.63) is 0 Å². The van der Waals surface area contributed by atoms with Gasteiger partial charge in [-0.1, -0.05) is 20.3 Å². The summed E-state index contributed by atoms with van der Waals surface area (Å²) < 4.78 is 21.9. The van der Waals surface area contributed by atoms with Gasteiger partial charge in [0.2, 0.25) is 0 Å². The molecule has 0 amide bonds. The lowest BCUT2D eigenvalue weighted by Crippen LogP contribution is -2.50. The molecule has 0 radical (unpaired) electrons. The fourth-order valence-corrected chi connectivity index (χ4v) is 3.95. The van der Waals surface area contributed by atoms with Gasteiger partial charge in [-0.25, -0.2) is 8.42 Å². The summed E-state index contributed by atoms with van der Waals surface area (Å²) in [5.41, 5.74) is -0.547. The van der Waals surface area contributed by atoms with E-state index in [1.807, 2.05) is 0 Å². The van der Waals surface area contributed by atoms with Gasteiger partial charge in [0.1, 0.15) is 6.29 Å². The highest BCUT2D eigenvalue weighted by atomic mass is 32.2. The molecule has 1 atom stereocenters. The molecule has 1 saturated heterocycles. The predicted octanol–water partition coefficient (Wildman–Crippen LogP) is 1.04. The van der Waals surface area contributed by atoms with Crippen molar-refractivity contribution in [2.24, 2.45) is 11.3 Å². The number of carbonyl (C=O) groups is 1. The summed E-state index contributed by atoms with van der Waals surface area (Å²) in [6.45, 7) is 4.10. The van der Waals surface area contributed by atoms with Gasteiger partial charge in [-0.05, 0) is 12.3 Å². The molecule has 13 heavy (non-hydrogen) atoms. The SMILES string of the molecule is CCC(C)CC1(C=O)CS(=O)(=O)C1. The van der Waals surface area contributed by atoms with E-state index < -0.39 is 15.3 Å². The van der Waals surface area contributed by atoms with Crippen LogP contribution in [0.5, 0.6) is 0 Å². The Bertz CT molecular complexity index is 280. The molecule has 1 unspecified atom stereocenters. The average Bonchev–Trinajstić information content (AvgIpc) is 2.00. The predicted molar refractivity (Wildman–Crippen MR) is 51.2 cm³/mol. The van der Waals surface area contributed by atoms with E-state index >= 15 is 0 Å². The van der Waals surface area contributed by atoms with Crippen molar-refractivity contribution >= 4 is 16.1 Å². The van der Waals surface area contributed by atoms with Crippen molar-refractivity contribution in [3.8, 4) is 0 Å². The lowest BCUT2D eigenvalue weighted by atomic mass is 9.83. The summed E-state index contributed by atoms with van der Waals surface area (Å²) in [5.74, 6) is 0.558. The van der Waals surface area contributed by atoms with Crippen LogP contribution in [0.15, 0.2) is 0 Å². The van der Waals surface area contributed by atoms with E-state index in [1.54, 1.807) is 0 Å². The molecule has 76 valence electrons. The first-order valence-corrected chi connectivity index (χ1v) is 6.42. The fraction of sp³-hybridized carbons (Fsp3) is 0.889. The molecule has 0 saturated carbocycles. The second kappa shape index (κ2) is 3.40. The van der Waals surface area contributed by atoms with E-state index in [0.29, 0.717) is 12.3 Å². The van der Waals surface area contributed by atoms with E-state index in [4.69, 9.17) is 0 Å². The number of sulfone groups is 1. The molecule has 0 aromatic rings. The maximum absolute atomic E-state index is 11.0. The van der Waals surface area contributed by atoms with Crippen molar-refractivity contribution < 1.29 is 13.2 Å². The summed E-state index contributed by atoms with van der Waals surface area (Å²) in [6.07, 6.45) is 2.54. The molecular formula is C9H16O3S. The van der Waals surface area contributed by atoms with Crippen LogP contribution >= 0.6 is 0 Å². The van der Waals surface area contributed by atoms with E-state index in [0.717, 1.165) is 12.7 Å². The van der Waals surface area contributed by atoms with Crippen LogP contribution < -0.4 is 0 Å². The van der Waals surface area contributed by atoms with Crippen LogP contribution in [0.4, 0.5) is 0 Å². The number of aldehydes is 1. The lowest BCUT2D eigenvalue weighted by Gasteiger charge is -2.37. The normalized spacial score (nSPS) is 26.0. The van der Waals surface area contributed by atoms with E-state index in [9.17, 15) is 13.2 Å². The molecule has 0 aromatic heterocycles. The van der Waals surface area contributed by atoms with Gasteiger partial charge in [-0.15, -0.1) is 0 Å². The molecule has 1 rings (SSSR count). The van der Waals surface area contributed by atoms with Crippen molar-refractivity contribution in [3.63, 3.8) is 0 Å². The van der Waals surface area contributed by atoms with Gasteiger partial charge in [-0.2, -0.15) is 0 Å². The third-order valence-electron chi connectivity index (χ3n) is 2.72. The van der Waals surface area contributed by atoms with Crippen molar-refractivity contribution in [2.75, 3.05) is 11.5 Å². The lowest BCUT2D eigenvalue weighted by molar-refractivity contribution is -0.115. The first kappa shape index (κ1) is 10.7. The minimum absolute atomic E-state index is 0.0633. The molecular weight excluding hydrogens is 188 g/mol. The monoisotopic (exact) mass is 204 g/mol. The molecule has 1 fully saturated rings. The van der Waals surface area contributed by atoms with Gasteiger partial charge in [0.15, 0.2) is 9.84 Å². The maximum atomic E-state index is 11.0. The van der Waals surface area contributed by atoms with Gasteiger partial charge in [0.25, 0.3) is 0 Å². The largest absolute Gasteiger partial charge is 0.303 e. The second-order valence-corrected chi connectivity index (χ2v) is 6.29. The molecule has 0 bridgehead atoms. The molecule has 3 nitrogen and oxygen atoms in total. The highest BCUT2D eigenvalue weighted by molar-refractivity contribution is 7.93. The molecule has 1 heterocycles. The Kier molecular flexibility index (Phi) is 2.80. The molecule has 1 aliphatic heterocycles. The fourth-order valence-electron chi connectivity index (χ4n) is 1.91. The molecule has 1 aliphatic rings. The first-order chi connectivity index (χ1) is 5.93. The minimum atomic E-state index is -2.89. The summed E-state index contributed by atoms with van der Waals surface area (Å²) in [7, 11) is -2.89. The summed E-state index contributed by atoms with van der Waals surface area (Å²) >= 11 is 0. The van der Waals surface area contributed by atoms with Crippen molar-refractivity contribution in [1.82, 2.24) is 0 Å². The Hall–Kier alpha value is -0.380. The Morgan fingerprint density at radius 2 is 2.00 bits per heavy atom. The standard InChI is InChI=1S/C9H16O3S/c1-3-8(2)4-9(5-10)6-13(11,12)7-9/h5,8H,3-4,6-7H2,1-2H3. The Morgan fingerprint density at radius 1 is 1.46 bits per heavy atom. The highest BCUT2D eigenvalue weighted by Gasteiger charge is 2.48. The van der Waals surface area contributed by atoms with Gasteiger partial charge in [-0.3, -0.25) is 0 Å². The Morgan fingerprint density at radius 3 is 2.31 bits per heavy atom. The quantitative estimate of drug-likeness (QED) is 0.643. The van der Waals surface area contributed by atoms with Crippen molar-refractivity contribution in [1.29, 1.82) is 0 Å². The van der Waals surface area contributed by atoms with Crippen LogP contribution in [0.1, 0.15) is 26.7 Å². The number of rotatable bonds is 4. The van der Waals surface area contributed by atoms with Crippen LogP contribution in [0.2, 0.25) is 0 Å². The first-order valence-electron chi connectivity index (χ1n) is 4.60. The minimum Gasteiger partial charge on any atom is -0.303 e. The Balaban J connectivity index is 2.60. The molecule has 0 aromatic carbocycles. The number of carbonyl (C=O) groups excluding carboxylic acids is 1. The van der Waals surface area contributed by atoms with Crippen LogP contribution in [0.25, 0.3) is 0 Å². The second-order valence-electron chi connectivity index (χ2n) is 4.23. The Labute approximate surface area is 79.4 Å². The van der Waals surface area contributed by atoms with Gasteiger partial charge >= 0.3 is 0 Å². The van der Waals surface area contributed by atoms with E-state index in [1.165, 1.54) is 0 Å². The summed E-state index contributed by atoms with van der Waals surface area (Å²) in [6, 6.07) is 0. The topological polar surface area (TPSA) is 51.2 Å². The highest BCUT2D eigenvalue weighted by Crippen LogP contribution is 2.37. The molecule has 0 N–H and O–H groups in total. The molecule has 0 aliphatic carbocycles.